The van der Waals surface area contributed by atoms with Crippen LogP contribution in [0.2, 0.25) is 0 Å². The first-order chi connectivity index (χ1) is 14.8. The molecule has 0 spiro atoms. The van der Waals surface area contributed by atoms with Gasteiger partial charge in [0.15, 0.2) is 0 Å². The fraction of sp³-hybridized carbons (Fsp3) is 0. The molecule has 156 valence electrons. The van der Waals surface area contributed by atoms with Crippen LogP contribution in [0.5, 0.6) is 0 Å². The molecular formula is C18H9N3O6S4. The van der Waals surface area contributed by atoms with Gasteiger partial charge >= 0.3 is 15.0 Å². The first-order valence-corrected chi connectivity index (χ1v) is 11.7. The van der Waals surface area contributed by atoms with E-state index in [1.807, 2.05) is 17.5 Å². The minimum Gasteiger partial charge on any atom is -0.258 e. The van der Waals surface area contributed by atoms with Crippen molar-refractivity contribution < 1.29 is 14.8 Å². The summed E-state index contributed by atoms with van der Waals surface area (Å²) in [6.45, 7) is 0. The quantitative estimate of drug-likeness (QED) is 0.210. The Bertz CT molecular complexity index is 1280. The molecule has 0 aliphatic rings. The summed E-state index contributed by atoms with van der Waals surface area (Å²) in [6, 6.07) is 12.7. The topological polar surface area (TPSA) is 129 Å². The molecule has 31 heavy (non-hydrogen) atoms. The van der Waals surface area contributed by atoms with Gasteiger partial charge in [-0.25, -0.2) is 0 Å². The summed E-state index contributed by atoms with van der Waals surface area (Å²) in [7, 11) is 0. The molecule has 13 heteroatoms. The minimum absolute atomic E-state index is 0.0438. The third-order valence-corrected chi connectivity index (χ3v) is 8.12. The minimum atomic E-state index is -0.497. The molecule has 0 saturated carbocycles. The molecular weight excluding hydrogens is 482 g/mol. The van der Waals surface area contributed by atoms with Gasteiger partial charge in [0.1, 0.15) is 0 Å². The molecule has 0 unspecified atom stereocenters. The predicted molar refractivity (Wildman–Crippen MR) is 122 cm³/mol. The standard InChI is InChI=1S/C18H9N3O6S4/c22-19(23)14-6-3-11(29-14)17(10-2-1-9-28-10)18(12-4-7-15(30-12)20(24)25)13-5-8-16(31-13)21(26)27/h1-9H. The van der Waals surface area contributed by atoms with Gasteiger partial charge in [0, 0.05) is 48.9 Å². The molecule has 0 bridgehead atoms. The Hall–Kier alpha value is -3.26. The zero-order chi connectivity index (χ0) is 22.1. The summed E-state index contributed by atoms with van der Waals surface area (Å²) >= 11 is 4.29. The Labute approximate surface area is 189 Å². The van der Waals surface area contributed by atoms with Gasteiger partial charge in [0.2, 0.25) is 0 Å². The highest BCUT2D eigenvalue weighted by Gasteiger charge is 2.25. The molecule has 0 aliphatic carbocycles. The van der Waals surface area contributed by atoms with Crippen molar-refractivity contribution in [1.29, 1.82) is 0 Å². The second-order valence-corrected chi connectivity index (χ2v) is 10.0. The van der Waals surface area contributed by atoms with Crippen LogP contribution < -0.4 is 0 Å². The van der Waals surface area contributed by atoms with E-state index in [0.717, 1.165) is 38.9 Å². The van der Waals surface area contributed by atoms with E-state index in [9.17, 15) is 30.3 Å². The van der Waals surface area contributed by atoms with Crippen molar-refractivity contribution in [1.82, 2.24) is 0 Å². The lowest BCUT2D eigenvalue weighted by atomic mass is 10.0. The molecule has 0 atom stereocenters. The van der Waals surface area contributed by atoms with Crippen LogP contribution in [0.4, 0.5) is 15.0 Å². The van der Waals surface area contributed by atoms with Crippen molar-refractivity contribution in [2.24, 2.45) is 0 Å². The van der Waals surface area contributed by atoms with E-state index in [0.29, 0.717) is 25.8 Å². The average molecular weight is 492 g/mol. The Morgan fingerprint density at radius 2 is 0.968 bits per heavy atom. The van der Waals surface area contributed by atoms with Crippen LogP contribution >= 0.6 is 45.3 Å². The van der Waals surface area contributed by atoms with E-state index >= 15 is 0 Å². The maximum absolute atomic E-state index is 11.3. The van der Waals surface area contributed by atoms with Gasteiger partial charge in [-0.3, -0.25) is 30.3 Å². The molecule has 9 nitrogen and oxygen atoms in total. The normalized spacial score (nSPS) is 10.7. The predicted octanol–water partition coefficient (Wildman–Crippen LogP) is 6.66. The van der Waals surface area contributed by atoms with Crippen LogP contribution in [-0.2, 0) is 0 Å². The maximum Gasteiger partial charge on any atom is 0.324 e. The fourth-order valence-corrected chi connectivity index (χ4v) is 6.42. The summed E-state index contributed by atoms with van der Waals surface area (Å²) in [5, 5.41) is 35.4. The first-order valence-electron chi connectivity index (χ1n) is 8.37. The van der Waals surface area contributed by atoms with Crippen LogP contribution in [0.1, 0.15) is 19.5 Å². The molecule has 0 saturated heterocycles. The van der Waals surface area contributed by atoms with Gasteiger partial charge in [0.25, 0.3) is 0 Å². The van der Waals surface area contributed by atoms with Crippen LogP contribution in [-0.4, -0.2) is 14.8 Å². The molecule has 4 aromatic heterocycles. The van der Waals surface area contributed by atoms with Crippen molar-refractivity contribution in [2.75, 3.05) is 0 Å². The molecule has 0 radical (unpaired) electrons. The van der Waals surface area contributed by atoms with E-state index in [4.69, 9.17) is 0 Å². The van der Waals surface area contributed by atoms with Crippen LogP contribution in [0.3, 0.4) is 0 Å². The van der Waals surface area contributed by atoms with Crippen molar-refractivity contribution in [2.45, 2.75) is 0 Å². The Morgan fingerprint density at radius 3 is 1.26 bits per heavy atom. The highest BCUT2D eigenvalue weighted by atomic mass is 32.1. The van der Waals surface area contributed by atoms with E-state index in [1.54, 1.807) is 18.2 Å². The zero-order valence-corrected chi connectivity index (χ0v) is 18.4. The largest absolute Gasteiger partial charge is 0.324 e. The van der Waals surface area contributed by atoms with E-state index in [2.05, 4.69) is 0 Å². The van der Waals surface area contributed by atoms with Crippen molar-refractivity contribution in [3.05, 3.63) is 104 Å². The number of nitro groups is 3. The third kappa shape index (κ3) is 4.16. The molecule has 0 aliphatic heterocycles. The van der Waals surface area contributed by atoms with Gasteiger partial charge in [-0.2, -0.15) is 0 Å². The highest BCUT2D eigenvalue weighted by molar-refractivity contribution is 7.20. The summed E-state index contributed by atoms with van der Waals surface area (Å²) in [5.74, 6) is 0. The molecule has 0 amide bonds. The second-order valence-electron chi connectivity index (χ2n) is 5.91. The molecule has 4 aromatic rings. The van der Waals surface area contributed by atoms with Crippen molar-refractivity contribution in [3.8, 4) is 0 Å². The SMILES string of the molecule is O=[N+]([O-])c1ccc(C(=C(c2ccc([N+](=O)[O-])s2)c2ccc([N+](=O)[O-])s2)c2cccs2)s1. The third-order valence-electron chi connectivity index (χ3n) is 4.07. The summed E-state index contributed by atoms with van der Waals surface area (Å²) in [6.07, 6.45) is 0. The van der Waals surface area contributed by atoms with E-state index in [-0.39, 0.29) is 15.0 Å². The number of nitrogens with zero attached hydrogens (tertiary/aromatic N) is 3. The Kier molecular flexibility index (Phi) is 5.73. The second kappa shape index (κ2) is 8.47. The maximum atomic E-state index is 11.3. The van der Waals surface area contributed by atoms with Gasteiger partial charge < -0.3 is 0 Å². The molecule has 4 heterocycles. The van der Waals surface area contributed by atoms with Crippen LogP contribution in [0.25, 0.3) is 11.1 Å². The number of hydrogen-bond acceptors (Lipinski definition) is 10. The highest BCUT2D eigenvalue weighted by Crippen LogP contribution is 2.46. The molecule has 0 aromatic carbocycles. The zero-order valence-electron chi connectivity index (χ0n) is 15.1. The van der Waals surface area contributed by atoms with Crippen LogP contribution in [0.15, 0.2) is 53.9 Å². The van der Waals surface area contributed by atoms with Crippen LogP contribution in [0, 0.1) is 30.3 Å². The van der Waals surface area contributed by atoms with Gasteiger partial charge in [-0.15, -0.1) is 11.3 Å². The Balaban J connectivity index is 2.04. The number of thiophene rings is 4. The molecule has 0 fully saturated rings. The Morgan fingerprint density at radius 1 is 0.581 bits per heavy atom. The van der Waals surface area contributed by atoms with Gasteiger partial charge in [-0.1, -0.05) is 40.1 Å². The first kappa shape index (κ1) is 21.0. The smallest absolute Gasteiger partial charge is 0.258 e. The average Bonchev–Trinajstić information content (AvgIpc) is 3.53. The van der Waals surface area contributed by atoms with Crippen molar-refractivity contribution in [3.63, 3.8) is 0 Å². The lowest BCUT2D eigenvalue weighted by Crippen LogP contribution is -1.90. The monoisotopic (exact) mass is 491 g/mol. The molecule has 4 rings (SSSR count). The lowest BCUT2D eigenvalue weighted by molar-refractivity contribution is -0.380. The number of rotatable bonds is 7. The summed E-state index contributed by atoms with van der Waals surface area (Å²) < 4.78 is 0. The van der Waals surface area contributed by atoms with Gasteiger partial charge in [-0.05, 0) is 29.6 Å². The lowest BCUT2D eigenvalue weighted by Gasteiger charge is -2.11. The van der Waals surface area contributed by atoms with Gasteiger partial charge in [0.05, 0.1) is 14.8 Å². The van der Waals surface area contributed by atoms with E-state index < -0.39 is 14.8 Å². The summed E-state index contributed by atoms with van der Waals surface area (Å²) in [4.78, 5) is 34.8. The summed E-state index contributed by atoms with van der Waals surface area (Å²) in [5.41, 5.74) is 1.21. The fourth-order valence-electron chi connectivity index (χ4n) is 2.84. The number of hydrogen-bond donors (Lipinski definition) is 0. The molecule has 0 N–H and O–H groups in total. The van der Waals surface area contributed by atoms with Crippen molar-refractivity contribution >= 4 is 71.5 Å². The van der Waals surface area contributed by atoms with E-state index in [1.165, 1.54) is 29.5 Å².